The molecule has 0 spiro atoms. The van der Waals surface area contributed by atoms with Gasteiger partial charge >= 0.3 is 5.97 Å². The molecule has 0 atom stereocenters. The molecule has 7 nitrogen and oxygen atoms in total. The Bertz CT molecular complexity index is 757. The minimum absolute atomic E-state index is 0.0894. The Kier molecular flexibility index (Phi) is 3.38. The van der Waals surface area contributed by atoms with Crippen molar-refractivity contribution in [1.82, 2.24) is 19.9 Å². The first-order valence-electron chi connectivity index (χ1n) is 6.06. The fourth-order valence-corrected chi connectivity index (χ4v) is 1.77. The Morgan fingerprint density at radius 2 is 2.05 bits per heavy atom. The summed E-state index contributed by atoms with van der Waals surface area (Å²) in [5, 5.41) is 0. The Morgan fingerprint density at radius 1 is 1.14 bits per heavy atom. The standard InChI is InChI=1S/C14H10N4O3/c1-20-14(19)12-11(9-4-2-3-5-15-9)18-10(8-17-12)13-16-6-7-21-13/h2-8H,1H3. The summed E-state index contributed by atoms with van der Waals surface area (Å²) in [6, 6.07) is 5.30. The average Bonchev–Trinajstić information content (AvgIpc) is 3.09. The van der Waals surface area contributed by atoms with Crippen LogP contribution < -0.4 is 0 Å². The molecule has 0 bridgehead atoms. The summed E-state index contributed by atoms with van der Waals surface area (Å²) in [5.41, 5.74) is 1.33. The van der Waals surface area contributed by atoms with Gasteiger partial charge in [0, 0.05) is 6.20 Å². The fraction of sp³-hybridized carbons (Fsp3) is 0.0714. The Hall–Kier alpha value is -3.09. The van der Waals surface area contributed by atoms with E-state index in [4.69, 9.17) is 9.15 Å². The van der Waals surface area contributed by atoms with Crippen molar-refractivity contribution >= 4 is 5.97 Å². The van der Waals surface area contributed by atoms with Gasteiger partial charge in [0.15, 0.2) is 5.69 Å². The van der Waals surface area contributed by atoms with Gasteiger partial charge in [-0.15, -0.1) is 0 Å². The lowest BCUT2D eigenvalue weighted by Gasteiger charge is -2.06. The maximum absolute atomic E-state index is 11.8. The Morgan fingerprint density at radius 3 is 2.71 bits per heavy atom. The van der Waals surface area contributed by atoms with Crippen LogP contribution in [-0.2, 0) is 4.74 Å². The van der Waals surface area contributed by atoms with E-state index >= 15 is 0 Å². The first-order chi connectivity index (χ1) is 10.3. The lowest BCUT2D eigenvalue weighted by molar-refractivity contribution is 0.0594. The summed E-state index contributed by atoms with van der Waals surface area (Å²) in [6.07, 6.45) is 5.96. The molecule has 0 saturated heterocycles. The van der Waals surface area contributed by atoms with E-state index in [0.717, 1.165) is 0 Å². The number of hydrogen-bond donors (Lipinski definition) is 0. The van der Waals surface area contributed by atoms with Crippen molar-refractivity contribution in [3.05, 3.63) is 48.7 Å². The Balaban J connectivity index is 2.17. The van der Waals surface area contributed by atoms with E-state index in [1.165, 1.54) is 25.8 Å². The van der Waals surface area contributed by atoms with Crippen LogP contribution in [0, 0.1) is 0 Å². The molecule has 0 radical (unpaired) electrons. The molecule has 21 heavy (non-hydrogen) atoms. The van der Waals surface area contributed by atoms with Crippen molar-refractivity contribution in [2.75, 3.05) is 7.11 Å². The largest absolute Gasteiger partial charge is 0.464 e. The van der Waals surface area contributed by atoms with Crippen molar-refractivity contribution in [3.8, 4) is 23.0 Å². The van der Waals surface area contributed by atoms with E-state index in [1.54, 1.807) is 24.4 Å². The molecule has 0 aliphatic carbocycles. The van der Waals surface area contributed by atoms with Crippen molar-refractivity contribution < 1.29 is 13.9 Å². The number of aromatic nitrogens is 4. The second kappa shape index (κ2) is 5.49. The predicted octanol–water partition coefficient (Wildman–Crippen LogP) is 1.98. The highest BCUT2D eigenvalue weighted by molar-refractivity contribution is 5.93. The van der Waals surface area contributed by atoms with Crippen molar-refractivity contribution in [1.29, 1.82) is 0 Å². The fourth-order valence-electron chi connectivity index (χ4n) is 1.77. The number of pyridine rings is 1. The van der Waals surface area contributed by atoms with Gasteiger partial charge in [-0.1, -0.05) is 6.07 Å². The van der Waals surface area contributed by atoms with Gasteiger partial charge in [0.2, 0.25) is 5.89 Å². The minimum atomic E-state index is -0.581. The van der Waals surface area contributed by atoms with Gasteiger partial charge in [-0.3, -0.25) is 4.98 Å². The van der Waals surface area contributed by atoms with Crippen LogP contribution in [0.4, 0.5) is 0 Å². The minimum Gasteiger partial charge on any atom is -0.464 e. The van der Waals surface area contributed by atoms with E-state index in [-0.39, 0.29) is 5.69 Å². The molecular weight excluding hydrogens is 272 g/mol. The van der Waals surface area contributed by atoms with Crippen LogP contribution in [-0.4, -0.2) is 33.0 Å². The highest BCUT2D eigenvalue weighted by Crippen LogP contribution is 2.22. The zero-order valence-electron chi connectivity index (χ0n) is 11.1. The number of carbonyl (C=O) groups is 1. The number of carbonyl (C=O) groups excluding carboxylic acids is 1. The second-order valence-electron chi connectivity index (χ2n) is 4.00. The average molecular weight is 282 g/mol. The summed E-state index contributed by atoms with van der Waals surface area (Å²) in [4.78, 5) is 28.5. The van der Waals surface area contributed by atoms with Gasteiger partial charge in [0.25, 0.3) is 0 Å². The van der Waals surface area contributed by atoms with Gasteiger partial charge in [-0.25, -0.2) is 19.7 Å². The molecule has 0 aromatic carbocycles. The van der Waals surface area contributed by atoms with Crippen LogP contribution in [0.25, 0.3) is 23.0 Å². The molecule has 0 amide bonds. The second-order valence-corrected chi connectivity index (χ2v) is 4.00. The molecule has 104 valence electrons. The first kappa shape index (κ1) is 12.9. The first-order valence-corrected chi connectivity index (χ1v) is 6.06. The van der Waals surface area contributed by atoms with Gasteiger partial charge in [0.1, 0.15) is 17.7 Å². The number of rotatable bonds is 3. The van der Waals surface area contributed by atoms with Crippen molar-refractivity contribution in [3.63, 3.8) is 0 Å². The quantitative estimate of drug-likeness (QED) is 0.678. The van der Waals surface area contributed by atoms with E-state index in [0.29, 0.717) is 23.0 Å². The van der Waals surface area contributed by atoms with Crippen LogP contribution in [0.5, 0.6) is 0 Å². The SMILES string of the molecule is COC(=O)c1ncc(-c2ncco2)nc1-c1ccccn1. The summed E-state index contributed by atoms with van der Waals surface area (Å²) in [7, 11) is 1.29. The molecule has 3 aromatic heterocycles. The number of oxazole rings is 1. The predicted molar refractivity (Wildman–Crippen MR) is 72.1 cm³/mol. The number of hydrogen-bond acceptors (Lipinski definition) is 7. The summed E-state index contributed by atoms with van der Waals surface area (Å²) in [6.45, 7) is 0. The van der Waals surface area contributed by atoms with Crippen LogP contribution in [0.2, 0.25) is 0 Å². The maximum Gasteiger partial charge on any atom is 0.359 e. The summed E-state index contributed by atoms with van der Waals surface area (Å²) < 4.78 is 9.91. The van der Waals surface area contributed by atoms with E-state index < -0.39 is 5.97 Å². The smallest absolute Gasteiger partial charge is 0.359 e. The van der Waals surface area contributed by atoms with Crippen LogP contribution in [0.3, 0.4) is 0 Å². The molecule has 0 aliphatic rings. The summed E-state index contributed by atoms with van der Waals surface area (Å²) >= 11 is 0. The van der Waals surface area contributed by atoms with E-state index in [9.17, 15) is 4.79 Å². The molecule has 3 rings (SSSR count). The van der Waals surface area contributed by atoms with Crippen molar-refractivity contribution in [2.45, 2.75) is 0 Å². The maximum atomic E-state index is 11.8. The van der Waals surface area contributed by atoms with Gasteiger partial charge < -0.3 is 9.15 Å². The third-order valence-corrected chi connectivity index (χ3v) is 2.71. The van der Waals surface area contributed by atoms with Crippen LogP contribution >= 0.6 is 0 Å². The molecule has 3 aromatic rings. The summed E-state index contributed by atoms with van der Waals surface area (Å²) in [5.74, 6) is -0.266. The van der Waals surface area contributed by atoms with Crippen LogP contribution in [0.15, 0.2) is 47.5 Å². The highest BCUT2D eigenvalue weighted by atomic mass is 16.5. The lowest BCUT2D eigenvalue weighted by Crippen LogP contribution is -2.09. The monoisotopic (exact) mass is 282 g/mol. The number of methoxy groups -OCH3 is 1. The molecule has 0 fully saturated rings. The van der Waals surface area contributed by atoms with Crippen LogP contribution in [0.1, 0.15) is 10.5 Å². The molecule has 0 N–H and O–H groups in total. The van der Waals surface area contributed by atoms with Gasteiger partial charge in [0.05, 0.1) is 25.2 Å². The molecular formula is C14H10N4O3. The highest BCUT2D eigenvalue weighted by Gasteiger charge is 2.19. The third kappa shape index (κ3) is 2.48. The number of ether oxygens (including phenoxy) is 1. The zero-order valence-corrected chi connectivity index (χ0v) is 11.1. The van der Waals surface area contributed by atoms with E-state index in [2.05, 4.69) is 19.9 Å². The molecule has 7 heteroatoms. The zero-order chi connectivity index (χ0) is 14.7. The topological polar surface area (TPSA) is 91.0 Å². The molecule has 0 unspecified atom stereocenters. The third-order valence-electron chi connectivity index (χ3n) is 2.71. The van der Waals surface area contributed by atoms with Gasteiger partial charge in [-0.2, -0.15) is 0 Å². The van der Waals surface area contributed by atoms with Gasteiger partial charge in [-0.05, 0) is 12.1 Å². The number of nitrogens with zero attached hydrogens (tertiary/aromatic N) is 4. The molecule has 0 saturated carbocycles. The molecule has 0 aliphatic heterocycles. The normalized spacial score (nSPS) is 10.3. The molecule has 3 heterocycles. The lowest BCUT2D eigenvalue weighted by atomic mass is 10.2. The number of esters is 1. The van der Waals surface area contributed by atoms with E-state index in [1.807, 2.05) is 0 Å². The van der Waals surface area contributed by atoms with Crippen molar-refractivity contribution in [2.24, 2.45) is 0 Å². The Labute approximate surface area is 119 Å².